The Morgan fingerprint density at radius 3 is 2.82 bits per heavy atom. The zero-order valence-electron chi connectivity index (χ0n) is 6.12. The lowest BCUT2D eigenvalue weighted by Gasteiger charge is -2.02. The Kier molecular flexibility index (Phi) is 4.95. The molecule has 4 nitrogen and oxygen atoms in total. The lowest BCUT2D eigenvalue weighted by molar-refractivity contribution is -0.130. The molecule has 1 unspecified atom stereocenters. The van der Waals surface area contributed by atoms with E-state index < -0.39 is 11.8 Å². The van der Waals surface area contributed by atoms with E-state index in [1.165, 1.54) is 0 Å². The average Bonchev–Trinajstić information content (AvgIpc) is 2.03. The number of aldehydes is 1. The number of ketones is 1. The van der Waals surface area contributed by atoms with Crippen LogP contribution in [0.25, 0.3) is 0 Å². The van der Waals surface area contributed by atoms with Crippen LogP contribution in [0.1, 0.15) is 19.3 Å². The molecular weight excluding hydrogens is 144 g/mol. The van der Waals surface area contributed by atoms with Crippen LogP contribution in [0.3, 0.4) is 0 Å². The summed E-state index contributed by atoms with van der Waals surface area (Å²) in [6.07, 6.45) is 1.57. The molecule has 0 fully saturated rings. The zero-order valence-corrected chi connectivity index (χ0v) is 6.12. The fourth-order valence-corrected chi connectivity index (χ4v) is 0.631. The van der Waals surface area contributed by atoms with Gasteiger partial charge in [0.25, 0.3) is 0 Å². The van der Waals surface area contributed by atoms with Crippen LogP contribution in [-0.4, -0.2) is 18.1 Å². The van der Waals surface area contributed by atoms with Gasteiger partial charge in [0.1, 0.15) is 0 Å². The van der Waals surface area contributed by atoms with Crippen LogP contribution >= 0.6 is 0 Å². The van der Waals surface area contributed by atoms with Gasteiger partial charge in [-0.3, -0.25) is 9.59 Å². The average molecular weight is 154 g/mol. The topological polar surface area (TPSA) is 83.9 Å². The van der Waals surface area contributed by atoms with Crippen molar-refractivity contribution in [2.45, 2.75) is 25.3 Å². The third-order valence-electron chi connectivity index (χ3n) is 1.29. The Bertz CT molecular complexity index is 183. The highest BCUT2D eigenvalue weighted by Crippen LogP contribution is 1.97. The highest BCUT2D eigenvalue weighted by molar-refractivity contribution is 6.27. The van der Waals surface area contributed by atoms with Crippen molar-refractivity contribution in [3.05, 3.63) is 0 Å². The van der Waals surface area contributed by atoms with Gasteiger partial charge in [-0.05, 0) is 12.8 Å². The van der Waals surface area contributed by atoms with Gasteiger partial charge in [-0.15, -0.1) is 0 Å². The largest absolute Gasteiger partial charge is 0.321 e. The predicted octanol–water partition coefficient (Wildman–Crippen LogP) is -0.224. The van der Waals surface area contributed by atoms with E-state index in [0.717, 1.165) is 0 Å². The molecule has 0 amide bonds. The quantitative estimate of drug-likeness (QED) is 0.337. The predicted molar refractivity (Wildman–Crippen MR) is 38.5 cm³/mol. The molecule has 0 radical (unpaired) electrons. The maximum absolute atomic E-state index is 10.5. The molecule has 0 bridgehead atoms. The number of nitrogens with two attached hydrogens (primary N) is 1. The maximum Gasteiger partial charge on any atom is 0.211 e. The Morgan fingerprint density at radius 1 is 1.73 bits per heavy atom. The summed E-state index contributed by atoms with van der Waals surface area (Å²) >= 11 is 0. The molecule has 60 valence electrons. The van der Waals surface area contributed by atoms with Gasteiger partial charge in [0.15, 0.2) is 6.29 Å². The molecule has 2 N–H and O–H groups in total. The summed E-state index contributed by atoms with van der Waals surface area (Å²) < 4.78 is 0. The van der Waals surface area contributed by atoms with Crippen molar-refractivity contribution in [2.75, 3.05) is 0 Å². The Balaban J connectivity index is 3.53. The number of carbonyl (C=O) groups excluding carboxylic acids is 2. The number of hydrogen-bond donors (Lipinski definition) is 1. The smallest absolute Gasteiger partial charge is 0.211 e. The molecule has 0 spiro atoms. The number of nitrogens with zero attached hydrogens (tertiary/aromatic N) is 1. The molecule has 0 heterocycles. The van der Waals surface area contributed by atoms with Crippen LogP contribution in [0, 0.1) is 11.3 Å². The molecule has 0 aromatic carbocycles. The van der Waals surface area contributed by atoms with Crippen molar-refractivity contribution in [2.24, 2.45) is 5.73 Å². The Morgan fingerprint density at radius 2 is 2.36 bits per heavy atom. The first-order valence-electron chi connectivity index (χ1n) is 3.34. The summed E-state index contributed by atoms with van der Waals surface area (Å²) in [5.74, 6) is -0.595. The first kappa shape index (κ1) is 9.79. The molecular formula is C7H10N2O2. The molecule has 11 heavy (non-hydrogen) atoms. The summed E-state index contributed by atoms with van der Waals surface area (Å²) in [4.78, 5) is 20.4. The number of carbonyl (C=O) groups is 2. The van der Waals surface area contributed by atoms with Gasteiger partial charge < -0.3 is 5.73 Å². The van der Waals surface area contributed by atoms with Crippen LogP contribution < -0.4 is 5.73 Å². The van der Waals surface area contributed by atoms with Crippen molar-refractivity contribution < 1.29 is 9.59 Å². The van der Waals surface area contributed by atoms with E-state index >= 15 is 0 Å². The molecule has 1 atom stereocenters. The van der Waals surface area contributed by atoms with Crippen molar-refractivity contribution in [3.8, 4) is 6.07 Å². The number of hydrogen-bond acceptors (Lipinski definition) is 4. The van der Waals surface area contributed by atoms with Crippen molar-refractivity contribution in [1.29, 1.82) is 5.26 Å². The van der Waals surface area contributed by atoms with Gasteiger partial charge in [0, 0.05) is 6.42 Å². The molecule has 0 rings (SSSR count). The minimum absolute atomic E-state index is 0.219. The summed E-state index contributed by atoms with van der Waals surface area (Å²) in [7, 11) is 0. The Labute approximate surface area is 65.0 Å². The van der Waals surface area contributed by atoms with E-state index in [-0.39, 0.29) is 6.29 Å². The third kappa shape index (κ3) is 4.23. The lowest BCUT2D eigenvalue weighted by atomic mass is 10.1. The van der Waals surface area contributed by atoms with Crippen LogP contribution in [0.2, 0.25) is 0 Å². The van der Waals surface area contributed by atoms with E-state index in [9.17, 15) is 9.59 Å². The molecule has 0 aliphatic heterocycles. The fourth-order valence-electron chi connectivity index (χ4n) is 0.631. The molecule has 4 heteroatoms. The van der Waals surface area contributed by atoms with Crippen LogP contribution in [0.15, 0.2) is 0 Å². The van der Waals surface area contributed by atoms with Crippen molar-refractivity contribution in [3.63, 3.8) is 0 Å². The molecule has 0 aliphatic rings. The number of rotatable bonds is 5. The SMILES string of the molecule is N#CCCCC(N)C(=O)C=O. The number of nitriles is 1. The minimum atomic E-state index is -0.721. The second kappa shape index (κ2) is 5.57. The summed E-state index contributed by atoms with van der Waals surface area (Å²) in [5.41, 5.74) is 5.28. The van der Waals surface area contributed by atoms with E-state index in [1.807, 2.05) is 6.07 Å². The monoisotopic (exact) mass is 154 g/mol. The fraction of sp³-hybridized carbons (Fsp3) is 0.571. The first-order chi connectivity index (χ1) is 5.22. The second-order valence-electron chi connectivity index (χ2n) is 2.18. The second-order valence-corrected chi connectivity index (χ2v) is 2.18. The van der Waals surface area contributed by atoms with Gasteiger partial charge in [0.2, 0.25) is 5.78 Å². The van der Waals surface area contributed by atoms with Crippen LogP contribution in [0.5, 0.6) is 0 Å². The van der Waals surface area contributed by atoms with Gasteiger partial charge in [-0.2, -0.15) is 5.26 Å². The maximum atomic E-state index is 10.5. The van der Waals surface area contributed by atoms with Gasteiger partial charge >= 0.3 is 0 Å². The Hall–Kier alpha value is -1.21. The van der Waals surface area contributed by atoms with Crippen LogP contribution in [0.4, 0.5) is 0 Å². The van der Waals surface area contributed by atoms with E-state index in [2.05, 4.69) is 0 Å². The normalized spacial score (nSPS) is 11.6. The number of Topliss-reactive ketones (excluding diaryl/α,β-unsaturated/α-hetero) is 1. The molecule has 0 aliphatic carbocycles. The number of unbranched alkanes of at least 4 members (excludes halogenated alkanes) is 1. The standard InChI is InChI=1S/C7H10N2O2/c8-4-2-1-3-6(9)7(11)5-10/h5-6H,1-3,9H2. The molecule has 0 saturated heterocycles. The summed E-state index contributed by atoms with van der Waals surface area (Å²) in [6, 6.07) is 1.20. The van der Waals surface area contributed by atoms with Gasteiger partial charge in [0.05, 0.1) is 12.1 Å². The molecule has 0 saturated carbocycles. The van der Waals surface area contributed by atoms with Crippen molar-refractivity contribution in [1.82, 2.24) is 0 Å². The lowest BCUT2D eigenvalue weighted by Crippen LogP contribution is -2.30. The van der Waals surface area contributed by atoms with E-state index in [0.29, 0.717) is 19.3 Å². The van der Waals surface area contributed by atoms with E-state index in [4.69, 9.17) is 11.0 Å². The first-order valence-corrected chi connectivity index (χ1v) is 3.34. The van der Waals surface area contributed by atoms with Gasteiger partial charge in [-0.1, -0.05) is 0 Å². The highest BCUT2D eigenvalue weighted by Gasteiger charge is 2.10. The van der Waals surface area contributed by atoms with Gasteiger partial charge in [-0.25, -0.2) is 0 Å². The molecule has 0 aromatic rings. The molecule has 0 aromatic heterocycles. The van der Waals surface area contributed by atoms with E-state index in [1.54, 1.807) is 0 Å². The van der Waals surface area contributed by atoms with Crippen LogP contribution in [-0.2, 0) is 9.59 Å². The third-order valence-corrected chi connectivity index (χ3v) is 1.29. The minimum Gasteiger partial charge on any atom is -0.321 e. The summed E-state index contributed by atoms with van der Waals surface area (Å²) in [6.45, 7) is 0. The highest BCUT2D eigenvalue weighted by atomic mass is 16.2. The summed E-state index contributed by atoms with van der Waals surface area (Å²) in [5, 5.41) is 8.13. The zero-order chi connectivity index (χ0) is 8.69. The van der Waals surface area contributed by atoms with Crippen molar-refractivity contribution >= 4 is 12.1 Å².